The van der Waals surface area contributed by atoms with Crippen LogP contribution < -0.4 is 21.3 Å². The highest BCUT2D eigenvalue weighted by Gasteiger charge is 2.11. The largest absolute Gasteiger partial charge is 0.472 e. The van der Waals surface area contributed by atoms with Gasteiger partial charge < -0.3 is 10.1 Å². The van der Waals surface area contributed by atoms with Gasteiger partial charge in [0.05, 0.1) is 5.69 Å². The molecule has 0 aliphatic heterocycles. The third-order valence-corrected chi connectivity index (χ3v) is 3.56. The third-order valence-electron chi connectivity index (χ3n) is 2.81. The Morgan fingerprint density at radius 1 is 1.38 bits per heavy atom. The number of anilines is 1. The van der Waals surface area contributed by atoms with Crippen molar-refractivity contribution >= 4 is 27.6 Å². The maximum absolute atomic E-state index is 11.4. The Labute approximate surface area is 130 Å². The molecular weight excluding hydrogens is 336 g/mol. The van der Waals surface area contributed by atoms with Gasteiger partial charge in [0, 0.05) is 21.8 Å². The van der Waals surface area contributed by atoms with Crippen molar-refractivity contribution in [2.75, 3.05) is 5.32 Å². The summed E-state index contributed by atoms with van der Waals surface area (Å²) in [7, 11) is 0. The highest BCUT2D eigenvalue weighted by Crippen LogP contribution is 2.26. The fourth-order valence-corrected chi connectivity index (χ4v) is 2.22. The van der Waals surface area contributed by atoms with Crippen LogP contribution in [0.4, 0.5) is 10.5 Å². The van der Waals surface area contributed by atoms with E-state index in [1.807, 2.05) is 36.6 Å². The standard InChI is InChI=1S/C14H15BrN4O2/c1-9-4-3-7-17-13(9)21-8-10-11(15)5-2-6-12(10)18-14(20)19-16/h2-7H,8,16H2,1H3,(H2,18,19,20). The molecule has 0 fully saturated rings. The highest BCUT2D eigenvalue weighted by atomic mass is 79.9. The molecule has 4 N–H and O–H groups in total. The fourth-order valence-electron chi connectivity index (χ4n) is 1.74. The van der Waals surface area contributed by atoms with Crippen molar-refractivity contribution in [2.45, 2.75) is 13.5 Å². The Bertz CT molecular complexity index is 649. The summed E-state index contributed by atoms with van der Waals surface area (Å²) >= 11 is 3.45. The SMILES string of the molecule is Cc1cccnc1OCc1c(Br)cccc1NC(=O)NN. The number of aryl methyl sites for hydroxylation is 1. The van der Waals surface area contributed by atoms with Crippen LogP contribution in [0.2, 0.25) is 0 Å². The number of hydrogen-bond donors (Lipinski definition) is 3. The summed E-state index contributed by atoms with van der Waals surface area (Å²) in [5.41, 5.74) is 4.38. The van der Waals surface area contributed by atoms with Crippen molar-refractivity contribution in [3.8, 4) is 5.88 Å². The Kier molecular flexibility index (Phi) is 5.13. The number of pyridine rings is 1. The number of nitrogens with two attached hydrogens (primary N) is 1. The maximum atomic E-state index is 11.4. The number of benzene rings is 1. The summed E-state index contributed by atoms with van der Waals surface area (Å²) in [6, 6.07) is 8.72. The number of nitrogens with one attached hydrogen (secondary N) is 2. The second-order valence-corrected chi connectivity index (χ2v) is 5.13. The molecule has 0 atom stereocenters. The summed E-state index contributed by atoms with van der Waals surface area (Å²) in [5.74, 6) is 5.64. The summed E-state index contributed by atoms with van der Waals surface area (Å²) < 4.78 is 6.54. The molecule has 0 saturated heterocycles. The Hall–Kier alpha value is -2.12. The van der Waals surface area contributed by atoms with Crippen molar-refractivity contribution in [3.05, 3.63) is 52.1 Å². The molecule has 0 spiro atoms. The lowest BCUT2D eigenvalue weighted by Crippen LogP contribution is -2.34. The van der Waals surface area contributed by atoms with E-state index in [1.54, 1.807) is 12.3 Å². The zero-order valence-electron chi connectivity index (χ0n) is 11.4. The molecule has 0 unspecified atom stereocenters. The van der Waals surface area contributed by atoms with Gasteiger partial charge in [0.1, 0.15) is 6.61 Å². The lowest BCUT2D eigenvalue weighted by molar-refractivity contribution is 0.252. The highest BCUT2D eigenvalue weighted by molar-refractivity contribution is 9.10. The van der Waals surface area contributed by atoms with Crippen molar-refractivity contribution in [2.24, 2.45) is 5.84 Å². The Morgan fingerprint density at radius 2 is 2.19 bits per heavy atom. The molecule has 0 aliphatic carbocycles. The molecule has 2 amide bonds. The van der Waals surface area contributed by atoms with Gasteiger partial charge in [-0.1, -0.05) is 28.1 Å². The third kappa shape index (κ3) is 3.93. The van der Waals surface area contributed by atoms with Gasteiger partial charge in [0.2, 0.25) is 5.88 Å². The number of rotatable bonds is 4. The lowest BCUT2D eigenvalue weighted by Gasteiger charge is -2.14. The van der Waals surface area contributed by atoms with Crippen LogP contribution in [0, 0.1) is 6.92 Å². The van der Waals surface area contributed by atoms with Crippen molar-refractivity contribution in [1.82, 2.24) is 10.4 Å². The number of amides is 2. The number of ether oxygens (including phenoxy) is 1. The first kappa shape index (κ1) is 15.3. The number of nitrogens with zero attached hydrogens (tertiary/aromatic N) is 1. The van der Waals surface area contributed by atoms with E-state index in [0.717, 1.165) is 15.6 Å². The zero-order chi connectivity index (χ0) is 15.2. The molecule has 1 aromatic heterocycles. The van der Waals surface area contributed by atoms with Crippen LogP contribution in [0.25, 0.3) is 0 Å². The molecule has 6 nitrogen and oxygen atoms in total. The molecule has 2 aromatic rings. The minimum atomic E-state index is -0.497. The van der Waals surface area contributed by atoms with E-state index >= 15 is 0 Å². The van der Waals surface area contributed by atoms with E-state index in [1.165, 1.54) is 0 Å². The quantitative estimate of drug-likeness (QED) is 0.449. The second kappa shape index (κ2) is 7.05. The monoisotopic (exact) mass is 350 g/mol. The normalized spacial score (nSPS) is 10.0. The molecule has 110 valence electrons. The van der Waals surface area contributed by atoms with E-state index in [2.05, 4.69) is 26.2 Å². The van der Waals surface area contributed by atoms with E-state index in [-0.39, 0.29) is 6.61 Å². The van der Waals surface area contributed by atoms with Crippen LogP contribution in [0.3, 0.4) is 0 Å². The minimum absolute atomic E-state index is 0.263. The van der Waals surface area contributed by atoms with Gasteiger partial charge in [0.15, 0.2) is 0 Å². The van der Waals surface area contributed by atoms with E-state index in [0.29, 0.717) is 11.6 Å². The summed E-state index contributed by atoms with van der Waals surface area (Å²) in [6.45, 7) is 2.18. The number of halogens is 1. The van der Waals surface area contributed by atoms with Gasteiger partial charge >= 0.3 is 6.03 Å². The number of carbonyl (C=O) groups is 1. The predicted molar refractivity (Wildman–Crippen MR) is 83.8 cm³/mol. The van der Waals surface area contributed by atoms with Crippen LogP contribution in [-0.2, 0) is 6.61 Å². The molecule has 1 heterocycles. The summed E-state index contributed by atoms with van der Waals surface area (Å²) in [4.78, 5) is 15.5. The van der Waals surface area contributed by atoms with Crippen LogP contribution >= 0.6 is 15.9 Å². The maximum Gasteiger partial charge on any atom is 0.333 e. The molecule has 21 heavy (non-hydrogen) atoms. The first-order valence-electron chi connectivity index (χ1n) is 6.21. The van der Waals surface area contributed by atoms with Gasteiger partial charge in [-0.2, -0.15) is 0 Å². The topological polar surface area (TPSA) is 89.3 Å². The van der Waals surface area contributed by atoms with Gasteiger partial charge in [-0.15, -0.1) is 0 Å². The molecule has 1 aromatic carbocycles. The minimum Gasteiger partial charge on any atom is -0.472 e. The fraction of sp³-hybridized carbons (Fsp3) is 0.143. The molecular formula is C14H15BrN4O2. The zero-order valence-corrected chi connectivity index (χ0v) is 13.0. The lowest BCUT2D eigenvalue weighted by atomic mass is 10.2. The number of hydrogen-bond acceptors (Lipinski definition) is 4. The summed E-state index contributed by atoms with van der Waals surface area (Å²) in [5, 5.41) is 2.65. The molecule has 2 rings (SSSR count). The van der Waals surface area contributed by atoms with Gasteiger partial charge in [0.25, 0.3) is 0 Å². The predicted octanol–water partition coefficient (Wildman–Crippen LogP) is 2.73. The van der Waals surface area contributed by atoms with Crippen LogP contribution in [0.15, 0.2) is 41.0 Å². The summed E-state index contributed by atoms with van der Waals surface area (Å²) in [6.07, 6.45) is 1.67. The van der Waals surface area contributed by atoms with Crippen molar-refractivity contribution < 1.29 is 9.53 Å². The van der Waals surface area contributed by atoms with Crippen molar-refractivity contribution in [3.63, 3.8) is 0 Å². The van der Waals surface area contributed by atoms with E-state index in [4.69, 9.17) is 10.6 Å². The van der Waals surface area contributed by atoms with E-state index in [9.17, 15) is 4.79 Å². The van der Waals surface area contributed by atoms with Crippen LogP contribution in [-0.4, -0.2) is 11.0 Å². The molecule has 0 saturated carbocycles. The average molecular weight is 351 g/mol. The molecule has 0 aliphatic rings. The number of hydrazine groups is 1. The Balaban J connectivity index is 2.19. The van der Waals surface area contributed by atoms with Crippen LogP contribution in [0.1, 0.15) is 11.1 Å². The average Bonchev–Trinajstić information content (AvgIpc) is 2.48. The van der Waals surface area contributed by atoms with E-state index < -0.39 is 6.03 Å². The molecule has 0 bridgehead atoms. The first-order valence-corrected chi connectivity index (χ1v) is 7.00. The smallest absolute Gasteiger partial charge is 0.333 e. The molecule has 0 radical (unpaired) electrons. The Morgan fingerprint density at radius 3 is 2.90 bits per heavy atom. The van der Waals surface area contributed by atoms with Crippen molar-refractivity contribution in [1.29, 1.82) is 0 Å². The first-order chi connectivity index (χ1) is 10.1. The second-order valence-electron chi connectivity index (χ2n) is 4.28. The van der Waals surface area contributed by atoms with Gasteiger partial charge in [-0.25, -0.2) is 15.6 Å². The van der Waals surface area contributed by atoms with Crippen LogP contribution in [0.5, 0.6) is 5.88 Å². The number of urea groups is 1. The number of aromatic nitrogens is 1. The van der Waals surface area contributed by atoms with Gasteiger partial charge in [-0.05, 0) is 25.1 Å². The number of carbonyl (C=O) groups excluding carboxylic acids is 1. The molecule has 7 heteroatoms. The van der Waals surface area contributed by atoms with Gasteiger partial charge in [-0.3, -0.25) is 5.43 Å².